The van der Waals surface area contributed by atoms with E-state index in [2.05, 4.69) is 10.3 Å². The lowest BCUT2D eigenvalue weighted by molar-refractivity contribution is -0.0556. The second-order valence-corrected chi connectivity index (χ2v) is 19.0. The average Bonchev–Trinajstić information content (AvgIpc) is 4.34. The monoisotopic (exact) mass is 1110 g/mol. The van der Waals surface area contributed by atoms with E-state index in [9.17, 15) is 69.6 Å². The van der Waals surface area contributed by atoms with E-state index in [1.165, 1.54) is 30.7 Å². The number of aryl methyl sites for hydroxylation is 2. The molecule has 9 N–H and O–H groups in total. The van der Waals surface area contributed by atoms with Crippen LogP contribution < -0.4 is 33.7 Å². The van der Waals surface area contributed by atoms with Gasteiger partial charge in [-0.2, -0.15) is 5.10 Å². The van der Waals surface area contributed by atoms with Crippen molar-refractivity contribution in [3.05, 3.63) is 195 Å². The third kappa shape index (κ3) is 11.2. The quantitative estimate of drug-likeness (QED) is 0.0535. The summed E-state index contributed by atoms with van der Waals surface area (Å²) >= 11 is 0. The number of hydrogen-bond donors (Lipinski definition) is 9. The molecule has 5 aromatic heterocycles. The minimum Gasteiger partial charge on any atom is -0.394 e. The largest absolute Gasteiger partial charge is 0.394 e. The molecule has 3 aromatic carbocycles. The third-order valence-electron chi connectivity index (χ3n) is 14.0. The van der Waals surface area contributed by atoms with E-state index < -0.39 is 127 Å². The zero-order valence-electron chi connectivity index (χ0n) is 42.5. The van der Waals surface area contributed by atoms with Crippen LogP contribution >= 0.6 is 0 Å². The number of para-hydroxylation sites is 2. The summed E-state index contributed by atoms with van der Waals surface area (Å²) in [6, 6.07) is 27.5. The van der Waals surface area contributed by atoms with E-state index >= 15 is 0 Å². The highest BCUT2D eigenvalue weighted by Gasteiger charge is 2.46. The number of aliphatic hydroxyl groups is 9. The van der Waals surface area contributed by atoms with Crippen LogP contribution in [0.1, 0.15) is 35.6 Å². The Bertz CT molecular complexity index is 3830. The predicted octanol–water partition coefficient (Wildman–Crippen LogP) is -3.77. The van der Waals surface area contributed by atoms with Gasteiger partial charge in [0.25, 0.3) is 16.7 Å². The van der Waals surface area contributed by atoms with Crippen molar-refractivity contribution in [1.82, 2.24) is 42.3 Å². The van der Waals surface area contributed by atoms with Gasteiger partial charge >= 0.3 is 17.1 Å². The second-order valence-electron chi connectivity index (χ2n) is 19.0. The Morgan fingerprint density at radius 2 is 0.887 bits per heavy atom. The van der Waals surface area contributed by atoms with Crippen molar-refractivity contribution < 1.29 is 64.7 Å². The van der Waals surface area contributed by atoms with Crippen molar-refractivity contribution in [3.8, 4) is 0 Å². The lowest BCUT2D eigenvalue weighted by atomic mass is 10.1. The highest BCUT2D eigenvalue weighted by Crippen LogP contribution is 2.30. The van der Waals surface area contributed by atoms with E-state index in [4.69, 9.17) is 23.8 Å². The SMILES string of the molecule is Cn1nc(Cn2c(=O)ccn([C@@H]3O[C@H](CO)C(O)[C@@H]3O)c2=O)c2ccccc21.O=c1ccn([C@@H]2O[C@H](CO)C(O)[C@@H]2O)c(=O)n1CCc1ccccc1.O=c1ccn([C@@H]2O[C@H](CO)C(O)[C@@H]2O)c(=O)n1Cc1noc2ccccc12. The van der Waals surface area contributed by atoms with Gasteiger partial charge in [-0.3, -0.25) is 46.5 Å². The lowest BCUT2D eigenvalue weighted by Crippen LogP contribution is -2.43. The van der Waals surface area contributed by atoms with Gasteiger partial charge in [-0.25, -0.2) is 14.4 Å². The van der Waals surface area contributed by atoms with Crippen LogP contribution in [0, 0.1) is 0 Å². The van der Waals surface area contributed by atoms with Crippen LogP contribution in [0.3, 0.4) is 0 Å². The fourth-order valence-electron chi connectivity index (χ4n) is 9.64. The Hall–Kier alpha value is -7.84. The number of hydrogen-bond acceptors (Lipinski definition) is 21. The van der Waals surface area contributed by atoms with Crippen LogP contribution in [0.2, 0.25) is 0 Å². The average molecular weight is 1110 g/mol. The lowest BCUT2D eigenvalue weighted by Gasteiger charge is -2.18. The van der Waals surface area contributed by atoms with Gasteiger partial charge in [-0.15, -0.1) is 0 Å². The molecule has 28 nitrogen and oxygen atoms in total. The molecule has 80 heavy (non-hydrogen) atoms. The Balaban J connectivity index is 0.000000145. The van der Waals surface area contributed by atoms with E-state index in [1.54, 1.807) is 36.0 Å². The number of ether oxygens (including phenoxy) is 3. The molecule has 0 spiro atoms. The van der Waals surface area contributed by atoms with Crippen molar-refractivity contribution >= 4 is 21.9 Å². The van der Waals surface area contributed by atoms with Gasteiger partial charge in [0.1, 0.15) is 60.6 Å². The van der Waals surface area contributed by atoms with E-state index in [0.717, 1.165) is 49.9 Å². The van der Waals surface area contributed by atoms with Crippen LogP contribution in [-0.4, -0.2) is 163 Å². The normalized spacial score (nSPS) is 25.4. The van der Waals surface area contributed by atoms with E-state index in [1.807, 2.05) is 54.6 Å². The number of aliphatic hydroxyl groups excluding tert-OH is 9. The highest BCUT2D eigenvalue weighted by molar-refractivity contribution is 5.82. The Kier molecular flexibility index (Phi) is 17.2. The molecule has 0 radical (unpaired) electrons. The molecule has 3 aliphatic heterocycles. The molecule has 28 heteroatoms. The molecule has 8 aromatic rings. The minimum absolute atomic E-state index is 0.0609. The fraction of sp³-hybridized carbons (Fsp3) is 0.385. The van der Waals surface area contributed by atoms with Gasteiger partial charge in [0.2, 0.25) is 0 Å². The maximum atomic E-state index is 12.9. The van der Waals surface area contributed by atoms with Crippen LogP contribution in [0.25, 0.3) is 21.9 Å². The molecule has 3 saturated heterocycles. The molecule has 12 atom stereocenters. The molecule has 0 saturated carbocycles. The van der Waals surface area contributed by atoms with Gasteiger partial charge < -0.3 is 64.7 Å². The van der Waals surface area contributed by atoms with Crippen LogP contribution in [0.4, 0.5) is 0 Å². The fourth-order valence-corrected chi connectivity index (χ4v) is 9.64. The van der Waals surface area contributed by atoms with Gasteiger partial charge in [0.05, 0.1) is 44.1 Å². The smallest absolute Gasteiger partial charge is 0.333 e. The summed E-state index contributed by atoms with van der Waals surface area (Å²) in [6.45, 7) is -1.54. The number of nitrogens with zero attached hydrogens (tertiary/aromatic N) is 9. The van der Waals surface area contributed by atoms with Crippen LogP contribution in [0.5, 0.6) is 0 Å². The first-order valence-electron chi connectivity index (χ1n) is 25.1. The highest BCUT2D eigenvalue weighted by atomic mass is 16.6. The summed E-state index contributed by atoms with van der Waals surface area (Å²) in [5, 5.41) is 97.4. The molecule has 3 aliphatic rings. The Morgan fingerprint density at radius 1 is 0.475 bits per heavy atom. The van der Waals surface area contributed by atoms with Gasteiger partial charge in [0, 0.05) is 61.2 Å². The zero-order valence-corrected chi connectivity index (χ0v) is 42.5. The molecule has 3 fully saturated rings. The van der Waals surface area contributed by atoms with Crippen molar-refractivity contribution in [3.63, 3.8) is 0 Å². The molecular formula is C52H57N9O19. The molecule has 0 aliphatic carbocycles. The molecule has 8 heterocycles. The molecular weight excluding hydrogens is 1050 g/mol. The summed E-state index contributed by atoms with van der Waals surface area (Å²) in [5.74, 6) is 0. The van der Waals surface area contributed by atoms with E-state index in [0.29, 0.717) is 28.8 Å². The number of benzene rings is 3. The first-order chi connectivity index (χ1) is 38.4. The van der Waals surface area contributed by atoms with Crippen molar-refractivity contribution in [2.45, 2.75) is 99.7 Å². The third-order valence-corrected chi connectivity index (χ3v) is 14.0. The summed E-state index contributed by atoms with van der Waals surface area (Å²) in [4.78, 5) is 75.0. The van der Waals surface area contributed by atoms with Crippen LogP contribution in [-0.2, 0) is 47.3 Å². The molecule has 0 bridgehead atoms. The predicted molar refractivity (Wildman–Crippen MR) is 277 cm³/mol. The Morgan fingerprint density at radius 3 is 1.36 bits per heavy atom. The van der Waals surface area contributed by atoms with Crippen molar-refractivity contribution in [2.24, 2.45) is 7.05 Å². The van der Waals surface area contributed by atoms with Gasteiger partial charge in [-0.05, 0) is 30.2 Å². The van der Waals surface area contributed by atoms with Gasteiger partial charge in [-0.1, -0.05) is 65.8 Å². The van der Waals surface area contributed by atoms with Gasteiger partial charge in [0.15, 0.2) is 24.3 Å². The minimum atomic E-state index is -1.43. The maximum absolute atomic E-state index is 12.9. The van der Waals surface area contributed by atoms with Crippen LogP contribution in [0.15, 0.2) is 149 Å². The molecule has 11 rings (SSSR count). The number of aromatic nitrogens is 9. The first-order valence-corrected chi connectivity index (χ1v) is 25.1. The summed E-state index contributed by atoms with van der Waals surface area (Å²) in [7, 11) is 1.77. The number of rotatable bonds is 13. The standard InChI is InChI=1S/C18H20N4O6.C17H17N3O7.C17H20N2O6/c1-20-12-5-3-2-4-10(12)11(19-20)8-22-14(24)6-7-21(18(22)27)17-16(26)15(25)13(9-23)28-17;21-8-12-14(23)15(24)16(26-12)19-6-5-13(22)20(17(19)25)7-10-9-3-1-2-4-11(9)27-18-10;20-10-12-14(22)15(23)16(25-12)19-9-7-13(21)18(17(19)24)8-6-11-4-2-1-3-5-11/h2-7,13,15-17,23,25-26H,8-9H2,1H3;1-6,12,14-16,21,23-24H,7-8H2;1-5,7,9,12,14-16,20,22-23H,6,8,10H2/t13-,15?,16+,17-;2*12-,14?,15+,16-/m111/s1. The first kappa shape index (κ1) is 56.9. The summed E-state index contributed by atoms with van der Waals surface area (Å²) in [6.07, 6.45) is -10.8. The molecule has 424 valence electrons. The van der Waals surface area contributed by atoms with E-state index in [-0.39, 0.29) is 19.6 Å². The summed E-state index contributed by atoms with van der Waals surface area (Å²) in [5.41, 5.74) is -0.302. The number of fused-ring (bicyclic) bond motifs is 2. The molecule has 3 unspecified atom stereocenters. The van der Waals surface area contributed by atoms with Crippen molar-refractivity contribution in [2.75, 3.05) is 19.8 Å². The Labute approximate surface area is 449 Å². The second kappa shape index (κ2) is 24.3. The maximum Gasteiger partial charge on any atom is 0.333 e. The molecule has 0 amide bonds. The van der Waals surface area contributed by atoms with Crippen molar-refractivity contribution in [1.29, 1.82) is 0 Å². The summed E-state index contributed by atoms with van der Waals surface area (Å²) < 4.78 is 29.1. The topological polar surface area (TPSA) is 386 Å². The zero-order chi connectivity index (χ0) is 57.1.